The highest BCUT2D eigenvalue weighted by molar-refractivity contribution is 14.2. The number of hydrogen-bond acceptors (Lipinski definition) is 2. The summed E-state index contributed by atoms with van der Waals surface area (Å²) < 4.78 is 4.00. The molecule has 0 aromatic heterocycles. The van der Waals surface area contributed by atoms with E-state index in [1.165, 1.54) is 6.34 Å². The smallest absolute Gasteiger partial charge is 0.154 e. The zero-order valence-electron chi connectivity index (χ0n) is 4.66. The van der Waals surface area contributed by atoms with E-state index in [0.717, 1.165) is 0 Å². The molecule has 0 bridgehead atoms. The number of rotatable bonds is 0. The average Bonchev–Trinajstić information content (AvgIpc) is 1.91. The molecule has 0 unspecified atom stereocenters. The minimum absolute atomic E-state index is 0.0684. The quantitative estimate of drug-likeness (QED) is 0.373. The fourth-order valence-corrected chi connectivity index (χ4v) is 1.56. The highest BCUT2D eigenvalue weighted by atomic mass is 127. The Morgan fingerprint density at radius 3 is 3.22 bits per heavy atom. The summed E-state index contributed by atoms with van der Waals surface area (Å²) in [4.78, 5) is 7.78. The molecular weight excluding hydrogens is 229 g/mol. The van der Waals surface area contributed by atoms with Crippen molar-refractivity contribution in [3.8, 4) is 0 Å². The second kappa shape index (κ2) is 3.49. The van der Waals surface area contributed by atoms with Crippen molar-refractivity contribution in [3.05, 3.63) is 10.2 Å². The third-order valence-corrected chi connectivity index (χ3v) is 2.10. The van der Waals surface area contributed by atoms with Gasteiger partial charge in [0.2, 0.25) is 0 Å². The van der Waals surface area contributed by atoms with E-state index in [0.29, 0.717) is 5.84 Å². The molecule has 9 heavy (non-hydrogen) atoms. The lowest BCUT2D eigenvalue weighted by Crippen LogP contribution is -1.96. The van der Waals surface area contributed by atoms with Crippen LogP contribution in [0.2, 0.25) is 0 Å². The fraction of sp³-hybridized carbons (Fsp3) is 0. The number of hydrogen-bond donors (Lipinski definition) is 1. The SMILES string of the molecule is NC=NC1=NC=IC=C1. The molecule has 0 fully saturated rings. The Labute approximate surface area is 63.1 Å². The molecule has 4 heteroatoms. The molecule has 0 atom stereocenters. The second-order valence-electron chi connectivity index (χ2n) is 1.28. The molecule has 1 aliphatic heterocycles. The van der Waals surface area contributed by atoms with Gasteiger partial charge in [0.25, 0.3) is 0 Å². The van der Waals surface area contributed by atoms with E-state index in [1.54, 1.807) is 0 Å². The molecule has 1 aliphatic rings. The Balaban J connectivity index is 2.72. The summed E-state index contributed by atoms with van der Waals surface area (Å²) >= 11 is 0.0684. The standard InChI is InChI=1S/C5H6IN3/c7-4-9-5-1-2-6-3-8-5/h1-4H,(H2,7,8,9). The van der Waals surface area contributed by atoms with Crippen LogP contribution in [-0.2, 0) is 0 Å². The normalized spacial score (nSPS) is 17.6. The molecule has 0 aromatic carbocycles. The van der Waals surface area contributed by atoms with Gasteiger partial charge in [-0.25, -0.2) is 9.98 Å². The van der Waals surface area contributed by atoms with Gasteiger partial charge < -0.3 is 5.73 Å². The van der Waals surface area contributed by atoms with Gasteiger partial charge in [0.05, 0.1) is 10.5 Å². The number of nitrogens with two attached hydrogens (primary N) is 1. The van der Waals surface area contributed by atoms with Crippen molar-refractivity contribution in [2.75, 3.05) is 0 Å². The van der Waals surface area contributed by atoms with Gasteiger partial charge in [-0.3, -0.25) is 0 Å². The van der Waals surface area contributed by atoms with Crippen molar-refractivity contribution in [1.29, 1.82) is 0 Å². The Bertz CT molecular complexity index is 202. The van der Waals surface area contributed by atoms with E-state index in [1.807, 2.05) is 10.2 Å². The van der Waals surface area contributed by atoms with Gasteiger partial charge in [-0.05, 0) is 10.2 Å². The monoisotopic (exact) mass is 235 g/mol. The van der Waals surface area contributed by atoms with E-state index in [4.69, 9.17) is 5.73 Å². The number of aliphatic imine (C=N–C) groups is 2. The molecule has 48 valence electrons. The summed E-state index contributed by atoms with van der Waals surface area (Å²) in [5, 5.41) is 0. The molecule has 3 nitrogen and oxygen atoms in total. The van der Waals surface area contributed by atoms with Crippen LogP contribution in [0.4, 0.5) is 0 Å². The molecule has 0 radical (unpaired) electrons. The van der Waals surface area contributed by atoms with Crippen LogP contribution in [0.15, 0.2) is 20.1 Å². The fourth-order valence-electron chi connectivity index (χ4n) is 0.399. The predicted molar refractivity (Wildman–Crippen MR) is 49.3 cm³/mol. The summed E-state index contributed by atoms with van der Waals surface area (Å²) in [6.45, 7) is 0. The number of nitrogens with zero attached hydrogens (tertiary/aromatic N) is 2. The number of halogens is 1. The van der Waals surface area contributed by atoms with E-state index in [9.17, 15) is 0 Å². The Kier molecular flexibility index (Phi) is 2.56. The average molecular weight is 235 g/mol. The number of amidine groups is 1. The summed E-state index contributed by atoms with van der Waals surface area (Å²) in [7, 11) is 0. The first kappa shape index (κ1) is 6.60. The van der Waals surface area contributed by atoms with Gasteiger partial charge in [0.1, 0.15) is 0 Å². The van der Waals surface area contributed by atoms with Crippen LogP contribution in [0.1, 0.15) is 0 Å². The third-order valence-electron chi connectivity index (χ3n) is 0.729. The van der Waals surface area contributed by atoms with Crippen LogP contribution in [0.3, 0.4) is 0 Å². The first-order valence-corrected chi connectivity index (χ1v) is 4.85. The molecule has 0 aliphatic carbocycles. The lowest BCUT2D eigenvalue weighted by molar-refractivity contribution is 1.61. The maximum absolute atomic E-state index is 5.05. The minimum Gasteiger partial charge on any atom is -0.390 e. The van der Waals surface area contributed by atoms with Crippen molar-refractivity contribution >= 4 is 37.0 Å². The predicted octanol–water partition coefficient (Wildman–Crippen LogP) is 0.630. The third kappa shape index (κ3) is 2.05. The molecule has 0 amide bonds. The lowest BCUT2D eigenvalue weighted by Gasteiger charge is -1.90. The lowest BCUT2D eigenvalue weighted by atomic mass is 10.6. The zero-order chi connectivity index (χ0) is 6.53. The van der Waals surface area contributed by atoms with Crippen molar-refractivity contribution in [1.82, 2.24) is 0 Å². The summed E-state index contributed by atoms with van der Waals surface area (Å²) in [6.07, 6.45) is 3.14. The molecule has 0 saturated carbocycles. The molecule has 0 saturated heterocycles. The first-order valence-electron chi connectivity index (χ1n) is 2.36. The maximum atomic E-state index is 5.05. The van der Waals surface area contributed by atoms with Crippen LogP contribution in [0.5, 0.6) is 0 Å². The van der Waals surface area contributed by atoms with Crippen molar-refractivity contribution in [2.24, 2.45) is 15.7 Å². The Morgan fingerprint density at radius 1 is 1.78 bits per heavy atom. The van der Waals surface area contributed by atoms with Gasteiger partial charge in [-0.15, -0.1) is 0 Å². The highest BCUT2D eigenvalue weighted by Crippen LogP contribution is 2.02. The van der Waals surface area contributed by atoms with Crippen LogP contribution >= 0.6 is 20.7 Å². The topological polar surface area (TPSA) is 50.7 Å². The van der Waals surface area contributed by atoms with E-state index >= 15 is 0 Å². The van der Waals surface area contributed by atoms with Gasteiger partial charge in [0.15, 0.2) is 5.84 Å². The van der Waals surface area contributed by atoms with E-state index in [2.05, 4.69) is 14.1 Å². The highest BCUT2D eigenvalue weighted by Gasteiger charge is 1.87. The van der Waals surface area contributed by atoms with Crippen molar-refractivity contribution < 1.29 is 0 Å². The molecule has 1 heterocycles. The van der Waals surface area contributed by atoms with Crippen molar-refractivity contribution in [3.63, 3.8) is 0 Å². The molecular formula is C5H6IN3. The minimum atomic E-state index is 0.0684. The summed E-state index contributed by atoms with van der Waals surface area (Å²) in [5.41, 5.74) is 5.05. The largest absolute Gasteiger partial charge is 0.390 e. The molecule has 0 spiro atoms. The van der Waals surface area contributed by atoms with Crippen LogP contribution in [0.25, 0.3) is 0 Å². The summed E-state index contributed by atoms with van der Waals surface area (Å²) in [5.74, 6) is 0.698. The first-order chi connectivity index (χ1) is 4.43. The summed E-state index contributed by atoms with van der Waals surface area (Å²) in [6, 6.07) is 0. The molecule has 1 rings (SSSR count). The van der Waals surface area contributed by atoms with Crippen LogP contribution in [-0.4, -0.2) is 16.3 Å². The maximum Gasteiger partial charge on any atom is 0.154 e. The molecule has 0 aromatic rings. The zero-order valence-corrected chi connectivity index (χ0v) is 6.82. The Hall–Kier alpha value is -0.520. The van der Waals surface area contributed by atoms with Crippen molar-refractivity contribution in [2.45, 2.75) is 0 Å². The molecule has 2 N–H and O–H groups in total. The Morgan fingerprint density at radius 2 is 2.67 bits per heavy atom. The van der Waals surface area contributed by atoms with E-state index in [-0.39, 0.29) is 20.7 Å². The van der Waals surface area contributed by atoms with Crippen LogP contribution < -0.4 is 5.73 Å². The van der Waals surface area contributed by atoms with Gasteiger partial charge >= 0.3 is 0 Å². The second-order valence-corrected chi connectivity index (χ2v) is 3.28. The van der Waals surface area contributed by atoms with E-state index < -0.39 is 0 Å². The van der Waals surface area contributed by atoms with Gasteiger partial charge in [0, 0.05) is 0 Å². The van der Waals surface area contributed by atoms with Gasteiger partial charge in [-0.2, -0.15) is 0 Å². The van der Waals surface area contributed by atoms with Crippen LogP contribution in [0, 0.1) is 0 Å². The van der Waals surface area contributed by atoms with Gasteiger partial charge in [-0.1, -0.05) is 20.7 Å².